The first kappa shape index (κ1) is 36.0. The number of carbonyl (C=O) groups excluding carboxylic acids is 3. The van der Waals surface area contributed by atoms with E-state index in [2.05, 4.69) is 15.5 Å². The lowest BCUT2D eigenvalue weighted by Gasteiger charge is -2.50. The number of carboxylic acid groups (broad SMARTS) is 1. The Bertz CT molecular complexity index is 2020. The SMILES string of the molecule is CO/N=C(\C(=O)N[C@@H]1C(=O)N2C(C(=O)[O-])=C(C[n+]3ccc4n3CCN4Cc3c(F)cc(C(=N)N4CCCCC4)cc3Cl)CS[C@H]12)c1nc(N)sc1Cl. The second kappa shape index (κ2) is 14.6. The van der Waals surface area contributed by atoms with Crippen molar-refractivity contribution in [1.82, 2.24) is 24.8 Å². The van der Waals surface area contributed by atoms with Crippen molar-refractivity contribution in [2.24, 2.45) is 5.16 Å². The first-order chi connectivity index (χ1) is 25.0. The number of aromatic nitrogens is 3. The number of β-lactam (4-membered cyclic amide) rings is 1. The van der Waals surface area contributed by atoms with E-state index in [0.29, 0.717) is 29.8 Å². The average Bonchev–Trinajstić information content (AvgIpc) is 3.82. The molecular formula is C32H33Cl2FN10O5S2. The van der Waals surface area contributed by atoms with Crippen LogP contribution in [0.5, 0.6) is 0 Å². The topological polar surface area (TPSA) is 189 Å². The molecule has 20 heteroatoms. The van der Waals surface area contributed by atoms with Crippen LogP contribution in [0.1, 0.15) is 36.1 Å². The van der Waals surface area contributed by atoms with Crippen molar-refractivity contribution >= 4 is 86.6 Å². The lowest BCUT2D eigenvalue weighted by Crippen LogP contribution is -2.71. The summed E-state index contributed by atoms with van der Waals surface area (Å²) in [6, 6.07) is 3.83. The van der Waals surface area contributed by atoms with E-state index >= 15 is 4.39 Å². The van der Waals surface area contributed by atoms with Crippen molar-refractivity contribution < 1.29 is 33.4 Å². The van der Waals surface area contributed by atoms with Crippen LogP contribution < -0.4 is 25.7 Å². The van der Waals surface area contributed by atoms with Crippen LogP contribution in [-0.4, -0.2) is 92.7 Å². The number of oxime groups is 1. The maximum Gasteiger partial charge on any atom is 0.276 e. The number of hydrogen-bond acceptors (Lipinski definition) is 12. The van der Waals surface area contributed by atoms with Crippen LogP contribution in [0.4, 0.5) is 15.3 Å². The minimum atomic E-state index is -1.51. The quantitative estimate of drug-likeness (QED) is 0.0894. The van der Waals surface area contributed by atoms with Gasteiger partial charge < -0.3 is 35.6 Å². The van der Waals surface area contributed by atoms with Gasteiger partial charge in [0.25, 0.3) is 11.8 Å². The number of likely N-dealkylation sites (tertiary alicyclic amines) is 1. The molecular weight excluding hydrogens is 758 g/mol. The number of piperidine rings is 1. The van der Waals surface area contributed by atoms with Gasteiger partial charge in [0.15, 0.2) is 29.4 Å². The van der Waals surface area contributed by atoms with Crippen LogP contribution in [-0.2, 0) is 38.9 Å². The lowest BCUT2D eigenvalue weighted by atomic mass is 10.0. The minimum absolute atomic E-state index is 0.00729. The number of anilines is 2. The summed E-state index contributed by atoms with van der Waals surface area (Å²) in [6.07, 6.45) is 4.93. The fraction of sp³-hybridized carbons (Fsp3) is 0.406. The Morgan fingerprint density at radius 1 is 1.23 bits per heavy atom. The van der Waals surface area contributed by atoms with Crippen LogP contribution >= 0.6 is 46.3 Å². The van der Waals surface area contributed by atoms with Gasteiger partial charge in [-0.15, -0.1) is 21.1 Å². The van der Waals surface area contributed by atoms with Gasteiger partial charge >= 0.3 is 0 Å². The van der Waals surface area contributed by atoms with E-state index in [1.54, 1.807) is 12.3 Å². The Morgan fingerprint density at radius 2 is 2.00 bits per heavy atom. The number of amidine groups is 1. The smallest absolute Gasteiger partial charge is 0.276 e. The van der Waals surface area contributed by atoms with Crippen molar-refractivity contribution in [3.05, 3.63) is 67.7 Å². The fourth-order valence-electron chi connectivity index (χ4n) is 6.92. The Morgan fingerprint density at radius 3 is 2.67 bits per heavy atom. The van der Waals surface area contributed by atoms with Gasteiger partial charge in [0, 0.05) is 53.7 Å². The van der Waals surface area contributed by atoms with Crippen LogP contribution in [0.25, 0.3) is 0 Å². The third kappa shape index (κ3) is 6.56. The molecule has 2 saturated heterocycles. The minimum Gasteiger partial charge on any atom is -0.543 e. The third-order valence-corrected chi connectivity index (χ3v) is 12.2. The van der Waals surface area contributed by atoms with Gasteiger partial charge in [-0.25, -0.2) is 9.37 Å². The molecule has 0 bridgehead atoms. The van der Waals surface area contributed by atoms with Gasteiger partial charge in [-0.1, -0.05) is 39.7 Å². The number of nitrogens with zero attached hydrogens (tertiary/aromatic N) is 7. The Kier molecular flexibility index (Phi) is 10.1. The zero-order valence-corrected chi connectivity index (χ0v) is 30.9. The second-order valence-electron chi connectivity index (χ2n) is 12.5. The molecule has 2 aromatic heterocycles. The normalized spacial score (nSPS) is 20.1. The lowest BCUT2D eigenvalue weighted by molar-refractivity contribution is -0.766. The van der Waals surface area contributed by atoms with E-state index in [1.807, 2.05) is 25.2 Å². The predicted molar refractivity (Wildman–Crippen MR) is 191 cm³/mol. The Hall–Kier alpha value is -4.39. The monoisotopic (exact) mass is 790 g/mol. The number of carbonyl (C=O) groups is 3. The molecule has 4 aliphatic heterocycles. The standard InChI is InChI=1S/C32H33Cl2FN10O5S2/c1-50-40-23(22-26(34)52-32(37)39-22)28(46)38-24-29(47)45-25(31(48)49)17(15-51-30(24)45)13-43-8-5-21-42(9-10-44(21)43)14-18-19(33)11-16(12-20(18)35)27(36)41-6-3-2-4-7-41/h5,8,11-12,24,30,36H,2-4,6-7,9-10,13-15H2,1H3,(H3-,37,38,39,46,48,49)/b36-27?,40-23-/t24-,30-/m1/s1. The molecule has 0 radical (unpaired) electrons. The molecule has 2 atom stereocenters. The van der Waals surface area contributed by atoms with E-state index in [4.69, 9.17) is 39.2 Å². The highest BCUT2D eigenvalue weighted by atomic mass is 35.5. The molecule has 0 aliphatic carbocycles. The number of halogens is 3. The largest absolute Gasteiger partial charge is 0.543 e. The Labute approximate surface area is 315 Å². The summed E-state index contributed by atoms with van der Waals surface area (Å²) >= 11 is 15.0. The van der Waals surface area contributed by atoms with Crippen molar-refractivity contribution in [3.8, 4) is 0 Å². The number of benzene rings is 1. The zero-order valence-electron chi connectivity index (χ0n) is 27.7. The van der Waals surface area contributed by atoms with E-state index < -0.39 is 35.0 Å². The van der Waals surface area contributed by atoms with Crippen LogP contribution in [0.3, 0.4) is 0 Å². The van der Waals surface area contributed by atoms with Crippen molar-refractivity contribution in [3.63, 3.8) is 0 Å². The summed E-state index contributed by atoms with van der Waals surface area (Å²) in [5.74, 6) is -2.11. The van der Waals surface area contributed by atoms with E-state index in [-0.39, 0.29) is 56.3 Å². The molecule has 1 aromatic carbocycles. The maximum atomic E-state index is 15.5. The molecule has 4 N–H and O–H groups in total. The van der Waals surface area contributed by atoms with E-state index in [0.717, 1.165) is 54.4 Å². The molecule has 4 aliphatic rings. The van der Waals surface area contributed by atoms with Gasteiger partial charge in [0.05, 0.1) is 24.3 Å². The highest BCUT2D eigenvalue weighted by Gasteiger charge is 2.53. The number of carboxylic acids is 1. The molecule has 0 spiro atoms. The predicted octanol–water partition coefficient (Wildman–Crippen LogP) is 1.55. The van der Waals surface area contributed by atoms with Crippen LogP contribution in [0.15, 0.2) is 40.8 Å². The summed E-state index contributed by atoms with van der Waals surface area (Å²) in [4.78, 5) is 52.9. The van der Waals surface area contributed by atoms with Gasteiger partial charge in [-0.3, -0.25) is 19.9 Å². The molecule has 6 heterocycles. The number of aliphatic carboxylic acids is 1. The number of amides is 2. The van der Waals surface area contributed by atoms with E-state index in [9.17, 15) is 19.5 Å². The van der Waals surface area contributed by atoms with E-state index in [1.165, 1.54) is 24.9 Å². The maximum absolute atomic E-state index is 15.5. The molecule has 274 valence electrons. The average molecular weight is 792 g/mol. The van der Waals surface area contributed by atoms with Gasteiger partial charge in [0.1, 0.15) is 40.2 Å². The number of hydrogen-bond donors (Lipinski definition) is 3. The summed E-state index contributed by atoms with van der Waals surface area (Å²) in [7, 11) is 1.23. The fourth-order valence-corrected chi connectivity index (χ4v) is 9.45. The highest BCUT2D eigenvalue weighted by molar-refractivity contribution is 8.00. The second-order valence-corrected chi connectivity index (χ2v) is 15.7. The van der Waals surface area contributed by atoms with Crippen LogP contribution in [0.2, 0.25) is 9.36 Å². The molecule has 0 unspecified atom stereocenters. The molecule has 3 aromatic rings. The summed E-state index contributed by atoms with van der Waals surface area (Å²) in [5, 5.41) is 27.0. The summed E-state index contributed by atoms with van der Waals surface area (Å²) < 4.78 is 19.4. The number of nitrogen functional groups attached to an aromatic ring is 1. The van der Waals surface area contributed by atoms with Gasteiger partial charge in [-0.05, 0) is 31.4 Å². The number of thioether (sulfide) groups is 1. The molecule has 2 fully saturated rings. The molecule has 15 nitrogen and oxygen atoms in total. The number of thiazole rings is 1. The first-order valence-electron chi connectivity index (χ1n) is 16.3. The highest BCUT2D eigenvalue weighted by Crippen LogP contribution is 2.40. The molecule has 7 rings (SSSR count). The van der Waals surface area contributed by atoms with Gasteiger partial charge in [0.2, 0.25) is 0 Å². The van der Waals surface area contributed by atoms with Crippen molar-refractivity contribution in [1.29, 1.82) is 5.41 Å². The molecule has 52 heavy (non-hydrogen) atoms. The summed E-state index contributed by atoms with van der Waals surface area (Å²) in [5.41, 5.74) is 6.40. The first-order valence-corrected chi connectivity index (χ1v) is 19.0. The van der Waals surface area contributed by atoms with Crippen LogP contribution in [0, 0.1) is 11.2 Å². The van der Waals surface area contributed by atoms with Gasteiger partial charge in [-0.2, -0.15) is 0 Å². The van der Waals surface area contributed by atoms with Crippen molar-refractivity contribution in [2.45, 2.75) is 50.3 Å². The zero-order chi connectivity index (χ0) is 36.8. The number of fused-ring (bicyclic) bond motifs is 2. The molecule has 2 amide bonds. The molecule has 0 saturated carbocycles. The number of nitrogens with one attached hydrogen (secondary N) is 2. The summed E-state index contributed by atoms with van der Waals surface area (Å²) in [6.45, 7) is 2.98. The third-order valence-electron chi connectivity index (χ3n) is 9.42. The van der Waals surface area contributed by atoms with Crippen molar-refractivity contribution in [2.75, 3.05) is 43.1 Å². The Balaban J connectivity index is 1.05. The number of nitrogens with two attached hydrogens (primary N) is 1. The number of rotatable bonds is 10.